The number of aliphatic hydroxyl groups excluding tert-OH is 1. The Morgan fingerprint density at radius 3 is 2.78 bits per heavy atom. The van der Waals surface area contributed by atoms with Crippen molar-refractivity contribution in [3.63, 3.8) is 0 Å². The van der Waals surface area contributed by atoms with Crippen LogP contribution >= 0.6 is 0 Å². The number of rotatable bonds is 6. The fourth-order valence-electron chi connectivity index (χ4n) is 2.33. The SMILES string of the molecule is COc1cccc([C@H](O)CN(C)[C@H](C)C2CC2)c1. The third kappa shape index (κ3) is 3.24. The molecule has 18 heavy (non-hydrogen) atoms. The van der Waals surface area contributed by atoms with Crippen molar-refractivity contribution in [3.8, 4) is 5.75 Å². The fraction of sp³-hybridized carbons (Fsp3) is 0.600. The molecular weight excluding hydrogens is 226 g/mol. The summed E-state index contributed by atoms with van der Waals surface area (Å²) >= 11 is 0. The van der Waals surface area contributed by atoms with Gasteiger partial charge < -0.3 is 14.7 Å². The first-order chi connectivity index (χ1) is 8.61. The fourth-order valence-corrected chi connectivity index (χ4v) is 2.33. The van der Waals surface area contributed by atoms with E-state index in [0.29, 0.717) is 12.6 Å². The van der Waals surface area contributed by atoms with Crippen molar-refractivity contribution < 1.29 is 9.84 Å². The van der Waals surface area contributed by atoms with Crippen LogP contribution in [0.5, 0.6) is 5.75 Å². The zero-order chi connectivity index (χ0) is 13.1. The van der Waals surface area contributed by atoms with Crippen LogP contribution in [0.2, 0.25) is 0 Å². The first kappa shape index (κ1) is 13.4. The summed E-state index contributed by atoms with van der Waals surface area (Å²) in [7, 11) is 3.74. The highest BCUT2D eigenvalue weighted by molar-refractivity contribution is 5.29. The van der Waals surface area contributed by atoms with Crippen LogP contribution in [-0.4, -0.2) is 36.8 Å². The Kier molecular flexibility index (Phi) is 4.25. The quantitative estimate of drug-likeness (QED) is 0.840. The lowest BCUT2D eigenvalue weighted by Gasteiger charge is -2.27. The van der Waals surface area contributed by atoms with Crippen molar-refractivity contribution in [1.82, 2.24) is 4.90 Å². The predicted octanol–water partition coefficient (Wildman–Crippen LogP) is 2.46. The van der Waals surface area contributed by atoms with E-state index in [9.17, 15) is 5.11 Å². The van der Waals surface area contributed by atoms with E-state index in [-0.39, 0.29) is 0 Å². The largest absolute Gasteiger partial charge is 0.497 e. The minimum Gasteiger partial charge on any atom is -0.497 e. The predicted molar refractivity (Wildman–Crippen MR) is 72.8 cm³/mol. The van der Waals surface area contributed by atoms with E-state index in [4.69, 9.17) is 4.74 Å². The van der Waals surface area contributed by atoms with Crippen LogP contribution in [0.15, 0.2) is 24.3 Å². The summed E-state index contributed by atoms with van der Waals surface area (Å²) in [5.74, 6) is 1.62. The molecule has 0 unspecified atom stereocenters. The second-order valence-electron chi connectivity index (χ2n) is 5.31. The van der Waals surface area contributed by atoms with Gasteiger partial charge in [0.15, 0.2) is 0 Å². The smallest absolute Gasteiger partial charge is 0.119 e. The number of benzene rings is 1. The van der Waals surface area contributed by atoms with Gasteiger partial charge in [-0.05, 0) is 50.4 Å². The number of aliphatic hydroxyl groups is 1. The number of likely N-dealkylation sites (N-methyl/N-ethyl adjacent to an activating group) is 1. The lowest BCUT2D eigenvalue weighted by molar-refractivity contribution is 0.102. The maximum absolute atomic E-state index is 10.3. The Labute approximate surface area is 109 Å². The van der Waals surface area contributed by atoms with Crippen LogP contribution < -0.4 is 4.74 Å². The third-order valence-electron chi connectivity index (χ3n) is 3.94. The first-order valence-electron chi connectivity index (χ1n) is 6.64. The van der Waals surface area contributed by atoms with Crippen molar-refractivity contribution in [3.05, 3.63) is 29.8 Å². The van der Waals surface area contributed by atoms with Crippen molar-refractivity contribution in [1.29, 1.82) is 0 Å². The zero-order valence-corrected chi connectivity index (χ0v) is 11.5. The van der Waals surface area contributed by atoms with E-state index < -0.39 is 6.10 Å². The van der Waals surface area contributed by atoms with E-state index >= 15 is 0 Å². The highest BCUT2D eigenvalue weighted by atomic mass is 16.5. The van der Waals surface area contributed by atoms with Gasteiger partial charge in [0, 0.05) is 12.6 Å². The molecule has 0 aliphatic heterocycles. The molecule has 0 radical (unpaired) electrons. The molecule has 0 bridgehead atoms. The molecule has 100 valence electrons. The van der Waals surface area contributed by atoms with Crippen LogP contribution in [0.25, 0.3) is 0 Å². The molecule has 0 saturated heterocycles. The molecule has 1 aromatic carbocycles. The van der Waals surface area contributed by atoms with Gasteiger partial charge in [0.05, 0.1) is 13.2 Å². The molecule has 0 aromatic heterocycles. The highest BCUT2D eigenvalue weighted by Gasteiger charge is 2.31. The molecule has 1 N–H and O–H groups in total. The number of hydrogen-bond donors (Lipinski definition) is 1. The van der Waals surface area contributed by atoms with Crippen LogP contribution in [0.4, 0.5) is 0 Å². The van der Waals surface area contributed by atoms with Crippen LogP contribution in [0.3, 0.4) is 0 Å². The molecule has 1 aliphatic rings. The lowest BCUT2D eigenvalue weighted by Crippen LogP contribution is -2.34. The summed E-state index contributed by atoms with van der Waals surface area (Å²) in [6, 6.07) is 8.22. The molecule has 1 aromatic rings. The summed E-state index contributed by atoms with van der Waals surface area (Å²) in [6.07, 6.45) is 2.22. The zero-order valence-electron chi connectivity index (χ0n) is 11.5. The molecule has 1 fully saturated rings. The van der Waals surface area contributed by atoms with Crippen LogP contribution in [0.1, 0.15) is 31.4 Å². The Morgan fingerprint density at radius 2 is 2.17 bits per heavy atom. The Bertz CT molecular complexity index is 390. The number of nitrogens with zero attached hydrogens (tertiary/aromatic N) is 1. The summed E-state index contributed by atoms with van der Waals surface area (Å²) in [6.45, 7) is 2.92. The molecule has 0 spiro atoms. The topological polar surface area (TPSA) is 32.7 Å². The second kappa shape index (κ2) is 5.72. The van der Waals surface area contributed by atoms with Gasteiger partial charge in [0.2, 0.25) is 0 Å². The maximum Gasteiger partial charge on any atom is 0.119 e. The maximum atomic E-state index is 10.3. The molecule has 3 nitrogen and oxygen atoms in total. The summed E-state index contributed by atoms with van der Waals surface area (Å²) < 4.78 is 5.18. The second-order valence-corrected chi connectivity index (χ2v) is 5.31. The molecule has 2 rings (SSSR count). The molecule has 0 amide bonds. The number of ether oxygens (including phenoxy) is 1. The first-order valence-corrected chi connectivity index (χ1v) is 6.64. The van der Waals surface area contributed by atoms with Gasteiger partial charge in [-0.3, -0.25) is 0 Å². The van der Waals surface area contributed by atoms with Gasteiger partial charge >= 0.3 is 0 Å². The molecule has 2 atom stereocenters. The molecule has 0 heterocycles. The number of methoxy groups -OCH3 is 1. The lowest BCUT2D eigenvalue weighted by atomic mass is 10.1. The third-order valence-corrected chi connectivity index (χ3v) is 3.94. The van der Waals surface area contributed by atoms with Crippen molar-refractivity contribution in [2.24, 2.45) is 5.92 Å². The van der Waals surface area contributed by atoms with Gasteiger partial charge in [-0.15, -0.1) is 0 Å². The molecule has 1 aliphatic carbocycles. The van der Waals surface area contributed by atoms with Crippen molar-refractivity contribution in [2.75, 3.05) is 20.7 Å². The van der Waals surface area contributed by atoms with E-state index in [2.05, 4.69) is 18.9 Å². The summed E-state index contributed by atoms with van der Waals surface area (Å²) in [4.78, 5) is 2.25. The minimum absolute atomic E-state index is 0.453. The van der Waals surface area contributed by atoms with Crippen LogP contribution in [0, 0.1) is 5.92 Å². The van der Waals surface area contributed by atoms with Crippen LogP contribution in [-0.2, 0) is 0 Å². The van der Waals surface area contributed by atoms with E-state index in [1.54, 1.807) is 7.11 Å². The van der Waals surface area contributed by atoms with E-state index in [1.807, 2.05) is 24.3 Å². The van der Waals surface area contributed by atoms with E-state index in [1.165, 1.54) is 12.8 Å². The van der Waals surface area contributed by atoms with E-state index in [0.717, 1.165) is 17.2 Å². The molecule has 3 heteroatoms. The van der Waals surface area contributed by atoms with Gasteiger partial charge in [0.25, 0.3) is 0 Å². The summed E-state index contributed by atoms with van der Waals surface area (Å²) in [5, 5.41) is 10.3. The Hall–Kier alpha value is -1.06. The Balaban J connectivity index is 1.95. The molecular formula is C15H23NO2. The average molecular weight is 249 g/mol. The van der Waals surface area contributed by atoms with Crippen molar-refractivity contribution >= 4 is 0 Å². The van der Waals surface area contributed by atoms with Gasteiger partial charge in [-0.2, -0.15) is 0 Å². The molecule has 1 saturated carbocycles. The average Bonchev–Trinajstić information content (AvgIpc) is 3.22. The van der Waals surface area contributed by atoms with Crippen molar-refractivity contribution in [2.45, 2.75) is 31.9 Å². The standard InChI is InChI=1S/C15H23NO2/c1-11(12-7-8-12)16(2)10-15(17)13-5-4-6-14(9-13)18-3/h4-6,9,11-12,15,17H,7-8,10H2,1-3H3/t11-,15-/m1/s1. The summed E-state index contributed by atoms with van der Waals surface area (Å²) in [5.41, 5.74) is 0.921. The Morgan fingerprint density at radius 1 is 1.44 bits per heavy atom. The normalized spacial score (nSPS) is 18.7. The van der Waals surface area contributed by atoms with Gasteiger partial charge in [0.1, 0.15) is 5.75 Å². The van der Waals surface area contributed by atoms with Gasteiger partial charge in [-0.1, -0.05) is 12.1 Å². The van der Waals surface area contributed by atoms with Gasteiger partial charge in [-0.25, -0.2) is 0 Å². The highest BCUT2D eigenvalue weighted by Crippen LogP contribution is 2.35. The number of hydrogen-bond acceptors (Lipinski definition) is 3. The minimum atomic E-state index is -0.453. The monoisotopic (exact) mass is 249 g/mol.